The maximum Gasteiger partial charge on any atom is -0.0235 e. The Morgan fingerprint density at radius 3 is 1.23 bits per heavy atom. The van der Waals surface area contributed by atoms with Gasteiger partial charge in [-0.25, -0.2) is 0 Å². The summed E-state index contributed by atoms with van der Waals surface area (Å²) in [5.74, 6) is 0. The van der Waals surface area contributed by atoms with Gasteiger partial charge in [-0.05, 0) is 76.3 Å². The normalized spacial score (nSPS) is 14.8. The number of hydrogen-bond donors (Lipinski definition) is 0. The van der Waals surface area contributed by atoms with E-state index in [0.717, 1.165) is 0 Å². The Morgan fingerprint density at radius 2 is 0.846 bits per heavy atom. The van der Waals surface area contributed by atoms with Crippen molar-refractivity contribution in [2.45, 2.75) is 25.7 Å². The smallest absolute Gasteiger partial charge is 0.0235 e. The van der Waals surface area contributed by atoms with E-state index in [2.05, 4.69) is 85.0 Å². The fourth-order valence-electron chi connectivity index (χ4n) is 3.79. The van der Waals surface area contributed by atoms with Crippen molar-refractivity contribution in [2.24, 2.45) is 0 Å². The molecule has 5 rings (SSSR count). The average Bonchev–Trinajstić information content (AvgIpc) is 2.62. The largest absolute Gasteiger partial charge is 0.0611 e. The molecular formula is C26H22. The van der Waals surface area contributed by atoms with Gasteiger partial charge in [-0.2, -0.15) is 0 Å². The van der Waals surface area contributed by atoms with Crippen LogP contribution in [0.15, 0.2) is 60.7 Å². The molecule has 2 aliphatic rings. The fourth-order valence-corrected chi connectivity index (χ4v) is 3.79. The summed E-state index contributed by atoms with van der Waals surface area (Å²) < 4.78 is 0. The van der Waals surface area contributed by atoms with Crippen LogP contribution in [0.4, 0.5) is 0 Å². The molecule has 0 heteroatoms. The minimum Gasteiger partial charge on any atom is -0.0611 e. The van der Waals surface area contributed by atoms with Crippen LogP contribution in [0.25, 0.3) is 24.3 Å². The molecule has 0 spiro atoms. The highest BCUT2D eigenvalue weighted by atomic mass is 14.2. The number of fused-ring (bicyclic) bond motifs is 2. The van der Waals surface area contributed by atoms with Crippen molar-refractivity contribution < 1.29 is 0 Å². The number of hydrogen-bond acceptors (Lipinski definition) is 0. The lowest BCUT2D eigenvalue weighted by Crippen LogP contribution is -2.07. The number of rotatable bonds is 4. The topological polar surface area (TPSA) is 0 Å². The monoisotopic (exact) mass is 334 g/mol. The van der Waals surface area contributed by atoms with Crippen LogP contribution in [0, 0.1) is 0 Å². The molecule has 26 heavy (non-hydrogen) atoms. The van der Waals surface area contributed by atoms with E-state index in [0.29, 0.717) is 0 Å². The van der Waals surface area contributed by atoms with Gasteiger partial charge in [-0.1, -0.05) is 78.9 Å². The van der Waals surface area contributed by atoms with Crippen molar-refractivity contribution in [3.05, 3.63) is 105 Å². The number of aryl methyl sites for hydroxylation is 4. The molecule has 0 atom stereocenters. The van der Waals surface area contributed by atoms with E-state index in [-0.39, 0.29) is 0 Å². The predicted octanol–water partition coefficient (Wildman–Crippen LogP) is 6.22. The zero-order valence-electron chi connectivity index (χ0n) is 14.9. The molecule has 0 saturated carbocycles. The van der Waals surface area contributed by atoms with Crippen LogP contribution in [0.3, 0.4) is 0 Å². The van der Waals surface area contributed by atoms with E-state index < -0.39 is 0 Å². The van der Waals surface area contributed by atoms with E-state index in [9.17, 15) is 0 Å². The van der Waals surface area contributed by atoms with E-state index in [1.165, 1.54) is 70.2 Å². The molecule has 0 aliphatic heterocycles. The third-order valence-corrected chi connectivity index (χ3v) is 5.64. The quantitative estimate of drug-likeness (QED) is 0.497. The van der Waals surface area contributed by atoms with Crippen LogP contribution in [-0.2, 0) is 25.7 Å². The highest BCUT2D eigenvalue weighted by molar-refractivity contribution is 5.75. The highest BCUT2D eigenvalue weighted by Crippen LogP contribution is 2.25. The Hall–Kier alpha value is -2.86. The highest BCUT2D eigenvalue weighted by Gasteiger charge is 2.12. The van der Waals surface area contributed by atoms with Crippen molar-refractivity contribution >= 4 is 24.3 Å². The summed E-state index contributed by atoms with van der Waals surface area (Å²) in [6, 6.07) is 22.4. The van der Waals surface area contributed by atoms with Gasteiger partial charge in [0.25, 0.3) is 0 Å². The summed E-state index contributed by atoms with van der Waals surface area (Å²) in [5.41, 5.74) is 11.1. The summed E-state index contributed by atoms with van der Waals surface area (Å²) in [4.78, 5) is 0. The first-order valence-corrected chi connectivity index (χ1v) is 9.53. The zero-order chi connectivity index (χ0) is 17.3. The maximum atomic E-state index is 2.32. The van der Waals surface area contributed by atoms with Crippen molar-refractivity contribution in [3.8, 4) is 0 Å². The lowest BCUT2D eigenvalue weighted by atomic mass is 9.87. The van der Waals surface area contributed by atoms with Crippen molar-refractivity contribution in [1.82, 2.24) is 0 Å². The third-order valence-electron chi connectivity index (χ3n) is 5.64. The van der Waals surface area contributed by atoms with Crippen molar-refractivity contribution in [2.75, 3.05) is 0 Å². The molecule has 0 heterocycles. The standard InChI is InChI=1S/C26H22/c1-2-19(4-6-21-8-10-23-12-14-25(23)17-21)16-20(3-1)5-7-22-9-11-24-13-15-26(24)18-22/h1-11,16-18H,12-15H2. The molecule has 0 bridgehead atoms. The van der Waals surface area contributed by atoms with Gasteiger partial charge in [0.2, 0.25) is 0 Å². The SMILES string of the molecule is C(=Cc1ccc2c(c1)CC2)c1cccc(C=Cc2ccc3c(c2)CC3)c1. The van der Waals surface area contributed by atoms with E-state index in [4.69, 9.17) is 0 Å². The van der Waals surface area contributed by atoms with Gasteiger partial charge in [0, 0.05) is 0 Å². The second-order valence-corrected chi connectivity index (χ2v) is 7.39. The van der Waals surface area contributed by atoms with Crippen LogP contribution in [-0.4, -0.2) is 0 Å². The van der Waals surface area contributed by atoms with Crippen LogP contribution in [0.2, 0.25) is 0 Å². The molecule has 0 nitrogen and oxygen atoms in total. The minimum atomic E-state index is 1.24. The second kappa shape index (κ2) is 6.46. The summed E-state index contributed by atoms with van der Waals surface area (Å²) in [5, 5.41) is 0. The molecule has 0 radical (unpaired) electrons. The zero-order valence-corrected chi connectivity index (χ0v) is 14.9. The van der Waals surface area contributed by atoms with Crippen molar-refractivity contribution in [1.29, 1.82) is 0 Å². The van der Waals surface area contributed by atoms with E-state index >= 15 is 0 Å². The molecule has 0 amide bonds. The molecule has 3 aromatic carbocycles. The first-order chi connectivity index (χ1) is 12.8. The molecular weight excluding hydrogens is 312 g/mol. The number of benzene rings is 3. The lowest BCUT2D eigenvalue weighted by molar-refractivity contribution is 0.839. The van der Waals surface area contributed by atoms with Gasteiger partial charge in [0.15, 0.2) is 0 Å². The second-order valence-electron chi connectivity index (χ2n) is 7.39. The van der Waals surface area contributed by atoms with Crippen LogP contribution in [0.5, 0.6) is 0 Å². The molecule has 2 aliphatic carbocycles. The van der Waals surface area contributed by atoms with Crippen LogP contribution < -0.4 is 0 Å². The minimum absolute atomic E-state index is 1.24. The Balaban J connectivity index is 1.33. The molecule has 0 fully saturated rings. The van der Waals surface area contributed by atoms with Crippen LogP contribution >= 0.6 is 0 Å². The first-order valence-electron chi connectivity index (χ1n) is 9.53. The van der Waals surface area contributed by atoms with Crippen LogP contribution in [0.1, 0.15) is 44.5 Å². The van der Waals surface area contributed by atoms with Gasteiger partial charge in [0.05, 0.1) is 0 Å². The van der Waals surface area contributed by atoms with E-state index in [1.807, 2.05) is 0 Å². The first kappa shape index (κ1) is 15.4. The third kappa shape index (κ3) is 3.04. The molecule has 3 aromatic rings. The molecule has 0 saturated heterocycles. The Kier molecular flexibility index (Phi) is 3.83. The van der Waals surface area contributed by atoms with Gasteiger partial charge < -0.3 is 0 Å². The Morgan fingerprint density at radius 1 is 0.423 bits per heavy atom. The average molecular weight is 334 g/mol. The molecule has 0 N–H and O–H groups in total. The maximum absolute atomic E-state index is 2.32. The predicted molar refractivity (Wildman–Crippen MR) is 112 cm³/mol. The Bertz CT molecular complexity index is 953. The molecule has 0 unspecified atom stereocenters. The summed E-state index contributed by atoms with van der Waals surface area (Å²) in [6.07, 6.45) is 13.8. The molecule has 0 aromatic heterocycles. The van der Waals surface area contributed by atoms with Gasteiger partial charge in [-0.3, -0.25) is 0 Å². The van der Waals surface area contributed by atoms with Gasteiger partial charge in [-0.15, -0.1) is 0 Å². The van der Waals surface area contributed by atoms with E-state index in [1.54, 1.807) is 0 Å². The summed E-state index contributed by atoms with van der Waals surface area (Å²) >= 11 is 0. The Labute approximate surface area is 155 Å². The van der Waals surface area contributed by atoms with Gasteiger partial charge >= 0.3 is 0 Å². The summed E-state index contributed by atoms with van der Waals surface area (Å²) in [7, 11) is 0. The summed E-state index contributed by atoms with van der Waals surface area (Å²) in [6.45, 7) is 0. The van der Waals surface area contributed by atoms with Gasteiger partial charge in [0.1, 0.15) is 0 Å². The molecule has 126 valence electrons. The fraction of sp³-hybridized carbons (Fsp3) is 0.154. The van der Waals surface area contributed by atoms with Crippen molar-refractivity contribution in [3.63, 3.8) is 0 Å². The lowest BCUT2D eigenvalue weighted by Gasteiger charge is -2.18.